The van der Waals surface area contributed by atoms with E-state index < -0.39 is 0 Å². The first-order valence-corrected chi connectivity index (χ1v) is 6.03. The van der Waals surface area contributed by atoms with Gasteiger partial charge in [-0.2, -0.15) is 0 Å². The van der Waals surface area contributed by atoms with Gasteiger partial charge in [0.05, 0.1) is 18.6 Å². The predicted octanol–water partition coefficient (Wildman–Crippen LogP) is 1.32. The molecule has 3 rings (SSSR count). The Labute approximate surface area is 110 Å². The number of rotatable bonds is 3. The summed E-state index contributed by atoms with van der Waals surface area (Å²) >= 11 is 0. The fourth-order valence-corrected chi connectivity index (χ4v) is 2.01. The highest BCUT2D eigenvalue weighted by Crippen LogP contribution is 2.16. The third-order valence-electron chi connectivity index (χ3n) is 3.35. The highest BCUT2D eigenvalue weighted by atomic mass is 15.1. The third kappa shape index (κ3) is 1.92. The Morgan fingerprint density at radius 1 is 1.26 bits per heavy atom. The van der Waals surface area contributed by atoms with Gasteiger partial charge in [0.1, 0.15) is 17.7 Å². The molecule has 0 unspecified atom stereocenters. The SMILES string of the molecule is Cc1nc(CNc2ncnc3nc[nH]c23)n(C)c1C. The molecule has 0 atom stereocenters. The topological polar surface area (TPSA) is 84.3 Å². The van der Waals surface area contributed by atoms with Crippen molar-refractivity contribution in [3.8, 4) is 0 Å². The molecule has 0 aliphatic heterocycles. The summed E-state index contributed by atoms with van der Waals surface area (Å²) in [5.41, 5.74) is 3.69. The van der Waals surface area contributed by atoms with Gasteiger partial charge in [-0.05, 0) is 13.8 Å². The van der Waals surface area contributed by atoms with Gasteiger partial charge in [0.2, 0.25) is 0 Å². The first-order valence-electron chi connectivity index (χ1n) is 6.03. The minimum atomic E-state index is 0.607. The van der Waals surface area contributed by atoms with Crippen LogP contribution in [0.3, 0.4) is 0 Å². The van der Waals surface area contributed by atoms with E-state index >= 15 is 0 Å². The summed E-state index contributed by atoms with van der Waals surface area (Å²) in [4.78, 5) is 20.0. The van der Waals surface area contributed by atoms with Gasteiger partial charge in [0, 0.05) is 12.7 Å². The molecule has 0 bridgehead atoms. The normalized spacial score (nSPS) is 11.1. The van der Waals surface area contributed by atoms with Crippen LogP contribution in [0.4, 0.5) is 5.82 Å². The van der Waals surface area contributed by atoms with E-state index in [0.717, 1.165) is 22.9 Å². The van der Waals surface area contributed by atoms with Gasteiger partial charge in [-0.15, -0.1) is 0 Å². The van der Waals surface area contributed by atoms with Gasteiger partial charge >= 0.3 is 0 Å². The van der Waals surface area contributed by atoms with E-state index in [9.17, 15) is 0 Å². The molecule has 0 spiro atoms. The van der Waals surface area contributed by atoms with Crippen molar-refractivity contribution in [2.24, 2.45) is 7.05 Å². The van der Waals surface area contributed by atoms with Gasteiger partial charge in [0.25, 0.3) is 0 Å². The minimum Gasteiger partial charge on any atom is -0.361 e. The van der Waals surface area contributed by atoms with E-state index in [4.69, 9.17) is 0 Å². The van der Waals surface area contributed by atoms with Crippen molar-refractivity contribution in [2.45, 2.75) is 20.4 Å². The van der Waals surface area contributed by atoms with E-state index in [-0.39, 0.29) is 0 Å². The lowest BCUT2D eigenvalue weighted by atomic mass is 10.4. The number of nitrogens with one attached hydrogen (secondary N) is 2. The molecule has 98 valence electrons. The molecule has 3 aromatic rings. The van der Waals surface area contributed by atoms with Crippen molar-refractivity contribution < 1.29 is 0 Å². The zero-order chi connectivity index (χ0) is 13.4. The summed E-state index contributed by atoms with van der Waals surface area (Å²) in [7, 11) is 2.01. The van der Waals surface area contributed by atoms with Gasteiger partial charge in [-0.1, -0.05) is 0 Å². The van der Waals surface area contributed by atoms with Crippen molar-refractivity contribution in [2.75, 3.05) is 5.32 Å². The second kappa shape index (κ2) is 4.34. The molecular formula is C12H15N7. The molecule has 0 aliphatic rings. The molecule has 0 fully saturated rings. The average molecular weight is 257 g/mol. The number of H-pyrrole nitrogens is 1. The van der Waals surface area contributed by atoms with Crippen molar-refractivity contribution in [1.29, 1.82) is 0 Å². The molecule has 0 saturated heterocycles. The van der Waals surface area contributed by atoms with E-state index in [1.165, 1.54) is 12.0 Å². The molecule has 3 heterocycles. The lowest BCUT2D eigenvalue weighted by molar-refractivity contribution is 0.788. The van der Waals surface area contributed by atoms with Crippen LogP contribution < -0.4 is 5.32 Å². The van der Waals surface area contributed by atoms with Crippen LogP contribution in [0.2, 0.25) is 0 Å². The molecule has 0 amide bonds. The molecule has 7 heteroatoms. The number of aromatic amines is 1. The van der Waals surface area contributed by atoms with Crippen LogP contribution >= 0.6 is 0 Å². The lowest BCUT2D eigenvalue weighted by Crippen LogP contribution is -2.08. The van der Waals surface area contributed by atoms with Crippen molar-refractivity contribution in [1.82, 2.24) is 29.5 Å². The van der Waals surface area contributed by atoms with Gasteiger partial charge in [0.15, 0.2) is 11.5 Å². The number of aromatic nitrogens is 6. The van der Waals surface area contributed by atoms with Crippen LogP contribution in [-0.4, -0.2) is 29.5 Å². The first-order chi connectivity index (χ1) is 9.16. The molecule has 0 radical (unpaired) electrons. The zero-order valence-electron chi connectivity index (χ0n) is 11.1. The van der Waals surface area contributed by atoms with Gasteiger partial charge in [-0.3, -0.25) is 0 Å². The van der Waals surface area contributed by atoms with Crippen molar-refractivity contribution >= 4 is 17.0 Å². The lowest BCUT2D eigenvalue weighted by Gasteiger charge is -2.06. The Morgan fingerprint density at radius 2 is 2.11 bits per heavy atom. The summed E-state index contributed by atoms with van der Waals surface area (Å²) in [6.45, 7) is 4.68. The Hall–Kier alpha value is -2.44. The minimum absolute atomic E-state index is 0.607. The number of nitrogens with zero attached hydrogens (tertiary/aromatic N) is 5. The maximum atomic E-state index is 4.52. The molecule has 7 nitrogen and oxygen atoms in total. The Bertz CT molecular complexity index is 725. The summed E-state index contributed by atoms with van der Waals surface area (Å²) in [5.74, 6) is 1.71. The Kier molecular flexibility index (Phi) is 2.66. The molecule has 2 N–H and O–H groups in total. The molecule has 0 aromatic carbocycles. The number of hydrogen-bond donors (Lipinski definition) is 2. The number of hydrogen-bond acceptors (Lipinski definition) is 5. The summed E-state index contributed by atoms with van der Waals surface area (Å²) in [6.07, 6.45) is 3.11. The molecular weight excluding hydrogens is 242 g/mol. The number of aryl methyl sites for hydroxylation is 1. The standard InChI is InChI=1S/C12H15N7/c1-7-8(2)19(3)9(18-7)4-13-11-10-12(15-5-14-10)17-6-16-11/h5-6H,4H2,1-3H3,(H2,13,14,15,16,17). The van der Waals surface area contributed by atoms with Gasteiger partial charge < -0.3 is 14.9 Å². The highest BCUT2D eigenvalue weighted by molar-refractivity contribution is 5.81. The number of anilines is 1. The van der Waals surface area contributed by atoms with Crippen LogP contribution in [0.15, 0.2) is 12.7 Å². The largest absolute Gasteiger partial charge is 0.361 e. The molecule has 0 saturated carbocycles. The first kappa shape index (κ1) is 11.6. The quantitative estimate of drug-likeness (QED) is 0.739. The second-order valence-corrected chi connectivity index (χ2v) is 4.43. The monoisotopic (exact) mass is 257 g/mol. The number of fused-ring (bicyclic) bond motifs is 1. The molecule has 19 heavy (non-hydrogen) atoms. The van der Waals surface area contributed by atoms with Crippen molar-refractivity contribution in [3.63, 3.8) is 0 Å². The highest BCUT2D eigenvalue weighted by Gasteiger charge is 2.09. The molecule has 3 aromatic heterocycles. The van der Waals surface area contributed by atoms with Crippen LogP contribution in [0, 0.1) is 13.8 Å². The van der Waals surface area contributed by atoms with Gasteiger partial charge in [-0.25, -0.2) is 19.9 Å². The Balaban J connectivity index is 1.86. The van der Waals surface area contributed by atoms with E-state index in [0.29, 0.717) is 12.2 Å². The smallest absolute Gasteiger partial charge is 0.182 e. The number of imidazole rings is 2. The third-order valence-corrected chi connectivity index (χ3v) is 3.35. The summed E-state index contributed by atoms with van der Waals surface area (Å²) < 4.78 is 2.08. The van der Waals surface area contributed by atoms with Crippen LogP contribution in [0.25, 0.3) is 11.2 Å². The second-order valence-electron chi connectivity index (χ2n) is 4.43. The van der Waals surface area contributed by atoms with E-state index in [1.807, 2.05) is 14.0 Å². The molecule has 0 aliphatic carbocycles. The van der Waals surface area contributed by atoms with Crippen LogP contribution in [0.1, 0.15) is 17.2 Å². The maximum Gasteiger partial charge on any atom is 0.182 e. The van der Waals surface area contributed by atoms with Crippen LogP contribution in [-0.2, 0) is 13.6 Å². The summed E-state index contributed by atoms with van der Waals surface area (Å²) in [6, 6.07) is 0. The fraction of sp³-hybridized carbons (Fsp3) is 0.333. The summed E-state index contributed by atoms with van der Waals surface area (Å²) in [5, 5.41) is 3.27. The van der Waals surface area contributed by atoms with Crippen LogP contribution in [0.5, 0.6) is 0 Å². The zero-order valence-corrected chi connectivity index (χ0v) is 11.1. The van der Waals surface area contributed by atoms with E-state index in [1.54, 1.807) is 6.33 Å². The predicted molar refractivity (Wildman–Crippen MR) is 71.7 cm³/mol. The Morgan fingerprint density at radius 3 is 2.84 bits per heavy atom. The maximum absolute atomic E-state index is 4.52. The van der Waals surface area contributed by atoms with Crippen molar-refractivity contribution in [3.05, 3.63) is 29.9 Å². The fourth-order valence-electron chi connectivity index (χ4n) is 2.01. The van der Waals surface area contributed by atoms with E-state index in [2.05, 4.69) is 41.7 Å². The average Bonchev–Trinajstić information content (AvgIpc) is 2.98.